The summed E-state index contributed by atoms with van der Waals surface area (Å²) in [6.45, 7) is 6.11. The quantitative estimate of drug-likeness (QED) is 0.730. The summed E-state index contributed by atoms with van der Waals surface area (Å²) < 4.78 is 2.05. The van der Waals surface area contributed by atoms with Crippen molar-refractivity contribution in [3.63, 3.8) is 0 Å². The fourth-order valence-corrected chi connectivity index (χ4v) is 2.50. The molecule has 0 saturated heterocycles. The van der Waals surface area contributed by atoms with Gasteiger partial charge in [-0.25, -0.2) is 9.97 Å². The minimum absolute atomic E-state index is 0.872. The zero-order valence-corrected chi connectivity index (χ0v) is 12.5. The molecular weight excluding hydrogens is 260 g/mol. The van der Waals surface area contributed by atoms with Crippen molar-refractivity contribution < 1.29 is 0 Å². The molecule has 2 aromatic heterocycles. The number of rotatable bonds is 5. The second-order valence-corrected chi connectivity index (χ2v) is 5.26. The number of nitrogens with one attached hydrogen (secondary N) is 1. The molecule has 0 aliphatic rings. The molecule has 4 nitrogen and oxygen atoms in total. The normalized spacial score (nSPS) is 11.1. The van der Waals surface area contributed by atoms with E-state index >= 15 is 0 Å². The summed E-state index contributed by atoms with van der Waals surface area (Å²) in [5, 5.41) is 3.44. The Morgan fingerprint density at radius 2 is 2.05 bits per heavy atom. The highest BCUT2D eigenvalue weighted by atomic mass is 15.1. The smallest absolute Gasteiger partial charge is 0.138 e. The molecule has 0 bridgehead atoms. The van der Waals surface area contributed by atoms with E-state index in [1.165, 1.54) is 5.56 Å². The molecule has 0 atom stereocenters. The summed E-state index contributed by atoms with van der Waals surface area (Å²) in [6.07, 6.45) is 2.98. The molecule has 108 valence electrons. The molecule has 0 amide bonds. The van der Waals surface area contributed by atoms with Gasteiger partial charge in [-0.1, -0.05) is 19.1 Å². The molecule has 2 heterocycles. The molecule has 0 saturated carbocycles. The molecular formula is C17H20N4. The van der Waals surface area contributed by atoms with Crippen LogP contribution in [0.4, 0.5) is 0 Å². The van der Waals surface area contributed by atoms with E-state index in [9.17, 15) is 0 Å². The predicted octanol–water partition coefficient (Wildman–Crippen LogP) is 3.23. The van der Waals surface area contributed by atoms with Crippen molar-refractivity contribution in [2.45, 2.75) is 26.8 Å². The largest absolute Gasteiger partial charge is 0.313 e. The van der Waals surface area contributed by atoms with Crippen LogP contribution in [0.5, 0.6) is 0 Å². The van der Waals surface area contributed by atoms with Crippen LogP contribution in [-0.4, -0.2) is 21.1 Å². The van der Waals surface area contributed by atoms with Gasteiger partial charge in [-0.3, -0.25) is 4.57 Å². The molecule has 3 aromatic rings. The van der Waals surface area contributed by atoms with Gasteiger partial charge in [-0.15, -0.1) is 0 Å². The highest BCUT2D eigenvalue weighted by Gasteiger charge is 2.07. The highest BCUT2D eigenvalue weighted by Crippen LogP contribution is 2.18. The number of nitrogens with zero attached hydrogens (tertiary/aromatic N) is 3. The zero-order chi connectivity index (χ0) is 14.7. The second-order valence-electron chi connectivity index (χ2n) is 5.26. The van der Waals surface area contributed by atoms with Crippen molar-refractivity contribution in [2.24, 2.45) is 0 Å². The molecule has 4 heteroatoms. The van der Waals surface area contributed by atoms with E-state index < -0.39 is 0 Å². The summed E-state index contributed by atoms with van der Waals surface area (Å²) >= 11 is 0. The van der Waals surface area contributed by atoms with Crippen LogP contribution in [0.25, 0.3) is 16.9 Å². The Labute approximate surface area is 124 Å². The van der Waals surface area contributed by atoms with Crippen LogP contribution >= 0.6 is 0 Å². The van der Waals surface area contributed by atoms with Crippen molar-refractivity contribution in [3.8, 4) is 5.82 Å². The Balaban J connectivity index is 1.98. The van der Waals surface area contributed by atoms with Crippen LogP contribution in [0.15, 0.2) is 42.7 Å². The third-order valence-corrected chi connectivity index (χ3v) is 3.46. The van der Waals surface area contributed by atoms with Crippen molar-refractivity contribution in [1.82, 2.24) is 19.9 Å². The monoisotopic (exact) mass is 280 g/mol. The first kappa shape index (κ1) is 13.8. The molecule has 0 fully saturated rings. The Bertz CT molecular complexity index is 745. The van der Waals surface area contributed by atoms with Gasteiger partial charge in [0, 0.05) is 12.2 Å². The van der Waals surface area contributed by atoms with Crippen molar-refractivity contribution in [1.29, 1.82) is 0 Å². The SMILES string of the molecule is CCCNCc1cc(C)nc(-n2cnc3ccccc32)c1. The summed E-state index contributed by atoms with van der Waals surface area (Å²) in [5.41, 5.74) is 4.36. The number of imidazole rings is 1. The maximum atomic E-state index is 4.65. The number of fused-ring (bicyclic) bond motifs is 1. The lowest BCUT2D eigenvalue weighted by Gasteiger charge is -2.09. The van der Waals surface area contributed by atoms with Crippen molar-refractivity contribution >= 4 is 11.0 Å². The molecule has 0 radical (unpaired) electrons. The summed E-state index contributed by atoms with van der Waals surface area (Å²) in [5.74, 6) is 0.928. The van der Waals surface area contributed by atoms with E-state index in [2.05, 4.69) is 40.4 Å². The average molecular weight is 280 g/mol. The van der Waals surface area contributed by atoms with Crippen molar-refractivity contribution in [3.05, 3.63) is 54.0 Å². The molecule has 1 N–H and O–H groups in total. The number of hydrogen-bond donors (Lipinski definition) is 1. The third-order valence-electron chi connectivity index (χ3n) is 3.46. The maximum Gasteiger partial charge on any atom is 0.138 e. The second kappa shape index (κ2) is 6.06. The fraction of sp³-hybridized carbons (Fsp3) is 0.294. The van der Waals surface area contributed by atoms with E-state index in [-0.39, 0.29) is 0 Å². The summed E-state index contributed by atoms with van der Waals surface area (Å²) in [6, 6.07) is 12.4. The van der Waals surface area contributed by atoms with Gasteiger partial charge in [0.05, 0.1) is 11.0 Å². The maximum absolute atomic E-state index is 4.65. The Morgan fingerprint density at radius 3 is 2.90 bits per heavy atom. The number of aromatic nitrogens is 3. The van der Waals surface area contributed by atoms with Gasteiger partial charge < -0.3 is 5.32 Å². The van der Waals surface area contributed by atoms with E-state index in [1.807, 2.05) is 36.0 Å². The third kappa shape index (κ3) is 2.95. The van der Waals surface area contributed by atoms with Gasteiger partial charge in [0.15, 0.2) is 0 Å². The van der Waals surface area contributed by atoms with Crippen molar-refractivity contribution in [2.75, 3.05) is 6.54 Å². The topological polar surface area (TPSA) is 42.7 Å². The van der Waals surface area contributed by atoms with Crippen LogP contribution in [0.3, 0.4) is 0 Å². The van der Waals surface area contributed by atoms with E-state index in [1.54, 1.807) is 0 Å². The predicted molar refractivity (Wildman–Crippen MR) is 85.6 cm³/mol. The fourth-order valence-electron chi connectivity index (χ4n) is 2.50. The molecule has 0 spiro atoms. The van der Waals surface area contributed by atoms with E-state index in [4.69, 9.17) is 0 Å². The molecule has 0 aliphatic carbocycles. The van der Waals surface area contributed by atoms with E-state index in [0.29, 0.717) is 0 Å². The van der Waals surface area contributed by atoms with Gasteiger partial charge in [0.25, 0.3) is 0 Å². The molecule has 21 heavy (non-hydrogen) atoms. The number of aryl methyl sites for hydroxylation is 1. The first-order valence-electron chi connectivity index (χ1n) is 7.38. The first-order valence-corrected chi connectivity index (χ1v) is 7.38. The van der Waals surface area contributed by atoms with Crippen LogP contribution in [-0.2, 0) is 6.54 Å². The lowest BCUT2D eigenvalue weighted by atomic mass is 10.2. The van der Waals surface area contributed by atoms with Crippen LogP contribution in [0, 0.1) is 6.92 Å². The first-order chi connectivity index (χ1) is 10.3. The summed E-state index contributed by atoms with van der Waals surface area (Å²) in [4.78, 5) is 9.09. The van der Waals surface area contributed by atoms with E-state index in [0.717, 1.165) is 42.1 Å². The minimum atomic E-state index is 0.872. The lowest BCUT2D eigenvalue weighted by molar-refractivity contribution is 0.674. The number of hydrogen-bond acceptors (Lipinski definition) is 3. The Kier molecular flexibility index (Phi) is 3.97. The van der Waals surface area contributed by atoms with Gasteiger partial charge >= 0.3 is 0 Å². The number of para-hydroxylation sites is 2. The van der Waals surface area contributed by atoms with Crippen LogP contribution in [0.2, 0.25) is 0 Å². The van der Waals surface area contributed by atoms with Crippen LogP contribution < -0.4 is 5.32 Å². The number of pyridine rings is 1. The van der Waals surface area contributed by atoms with Gasteiger partial charge in [0.2, 0.25) is 0 Å². The molecule has 3 rings (SSSR count). The molecule has 1 aromatic carbocycles. The molecule has 0 aliphatic heterocycles. The van der Waals surface area contributed by atoms with Crippen LogP contribution in [0.1, 0.15) is 24.6 Å². The van der Waals surface area contributed by atoms with Gasteiger partial charge in [-0.05, 0) is 49.7 Å². The highest BCUT2D eigenvalue weighted by molar-refractivity contribution is 5.76. The van der Waals surface area contributed by atoms with Gasteiger partial charge in [0.1, 0.15) is 12.1 Å². The average Bonchev–Trinajstić information content (AvgIpc) is 2.91. The minimum Gasteiger partial charge on any atom is -0.313 e. The zero-order valence-electron chi connectivity index (χ0n) is 12.5. The standard InChI is InChI=1S/C17H20N4/c1-3-8-18-11-14-9-13(2)20-17(10-14)21-12-19-15-6-4-5-7-16(15)21/h4-7,9-10,12,18H,3,8,11H2,1-2H3. The Hall–Kier alpha value is -2.20. The lowest BCUT2D eigenvalue weighted by Crippen LogP contribution is -2.14. The molecule has 0 unspecified atom stereocenters. The Morgan fingerprint density at radius 1 is 1.19 bits per heavy atom. The van der Waals surface area contributed by atoms with Gasteiger partial charge in [-0.2, -0.15) is 0 Å². The number of benzene rings is 1. The summed E-state index contributed by atoms with van der Waals surface area (Å²) in [7, 11) is 0.